The number of amides is 1. The summed E-state index contributed by atoms with van der Waals surface area (Å²) in [6, 6.07) is 13.0. The monoisotopic (exact) mass is 420 g/mol. The molecular formula is C21H20N6O2S. The van der Waals surface area contributed by atoms with Crippen LogP contribution in [-0.2, 0) is 12.0 Å². The first-order valence-corrected chi connectivity index (χ1v) is 9.93. The van der Waals surface area contributed by atoms with Gasteiger partial charge in [-0.2, -0.15) is 5.26 Å². The third-order valence-electron chi connectivity index (χ3n) is 4.57. The van der Waals surface area contributed by atoms with Gasteiger partial charge in [-0.3, -0.25) is 4.79 Å². The second-order valence-electron chi connectivity index (χ2n) is 7.22. The van der Waals surface area contributed by atoms with E-state index in [0.29, 0.717) is 21.5 Å². The number of pyridine rings is 1. The molecule has 0 saturated heterocycles. The molecule has 1 amide bonds. The van der Waals surface area contributed by atoms with E-state index in [4.69, 9.17) is 11.0 Å². The van der Waals surface area contributed by atoms with E-state index >= 15 is 0 Å². The largest absolute Gasteiger partial charge is 0.364 e. The number of hydrogen-bond acceptors (Lipinski definition) is 8. The molecule has 0 aliphatic carbocycles. The number of nitrogens with one attached hydrogen (secondary N) is 1. The van der Waals surface area contributed by atoms with Gasteiger partial charge < -0.3 is 11.1 Å². The normalized spacial score (nSPS) is 11.0. The third-order valence-corrected chi connectivity index (χ3v) is 5.59. The molecule has 0 spiro atoms. The third kappa shape index (κ3) is 4.34. The smallest absolute Gasteiger partial charge is 0.270 e. The zero-order valence-corrected chi connectivity index (χ0v) is 17.6. The second kappa shape index (κ2) is 8.39. The Morgan fingerprint density at radius 2 is 1.93 bits per heavy atom. The Bertz CT molecular complexity index is 1150. The number of carbonyl (C=O) groups is 1. The van der Waals surface area contributed by atoms with E-state index in [9.17, 15) is 9.70 Å². The number of thiazole rings is 1. The number of nitrogens with two attached hydrogens (primary N) is 1. The van der Waals surface area contributed by atoms with E-state index in [1.807, 2.05) is 37.3 Å². The molecule has 152 valence electrons. The number of nitrogens with zero attached hydrogens (tertiary/aromatic N) is 4. The van der Waals surface area contributed by atoms with Crippen molar-refractivity contribution in [3.8, 4) is 16.6 Å². The Balaban J connectivity index is 1.97. The quantitative estimate of drug-likeness (QED) is 0.543. The zero-order chi connectivity index (χ0) is 21.9. The number of primary amides is 1. The van der Waals surface area contributed by atoms with Gasteiger partial charge in [-0.15, -0.1) is 4.91 Å². The Labute approximate surface area is 177 Å². The van der Waals surface area contributed by atoms with Gasteiger partial charge >= 0.3 is 0 Å². The number of rotatable bonds is 7. The number of hydrogen-bond donors (Lipinski definition) is 2. The molecule has 3 rings (SSSR count). The Kier molecular flexibility index (Phi) is 5.89. The fraction of sp³-hybridized carbons (Fsp3) is 0.238. The maximum atomic E-state index is 12.0. The van der Waals surface area contributed by atoms with Crippen LogP contribution in [0, 0.1) is 23.2 Å². The van der Waals surface area contributed by atoms with Crippen molar-refractivity contribution in [2.24, 2.45) is 10.9 Å². The van der Waals surface area contributed by atoms with Crippen molar-refractivity contribution in [3.05, 3.63) is 63.8 Å². The van der Waals surface area contributed by atoms with E-state index in [0.717, 1.165) is 16.7 Å². The van der Waals surface area contributed by atoms with Gasteiger partial charge in [0, 0.05) is 5.56 Å². The van der Waals surface area contributed by atoms with Gasteiger partial charge in [0.25, 0.3) is 5.91 Å². The van der Waals surface area contributed by atoms with Crippen LogP contribution in [0.15, 0.2) is 41.6 Å². The fourth-order valence-corrected chi connectivity index (χ4v) is 3.73. The van der Waals surface area contributed by atoms with Crippen LogP contribution in [0.2, 0.25) is 0 Å². The fourth-order valence-electron chi connectivity index (χ4n) is 2.75. The molecule has 3 aromatic rings. The van der Waals surface area contributed by atoms with Crippen molar-refractivity contribution in [1.29, 1.82) is 5.26 Å². The van der Waals surface area contributed by atoms with Crippen molar-refractivity contribution in [1.82, 2.24) is 9.97 Å². The molecule has 1 aromatic carbocycles. The molecule has 9 heteroatoms. The summed E-state index contributed by atoms with van der Waals surface area (Å²) in [6.07, 6.45) is 0.184. The van der Waals surface area contributed by atoms with Gasteiger partial charge in [-0.25, -0.2) is 9.97 Å². The lowest BCUT2D eigenvalue weighted by atomic mass is 9.95. The molecule has 0 atom stereocenters. The number of aryl methyl sites for hydroxylation is 1. The predicted molar refractivity (Wildman–Crippen MR) is 116 cm³/mol. The molecule has 8 nitrogen and oxygen atoms in total. The number of carbonyl (C=O) groups excluding carboxylic acids is 1. The summed E-state index contributed by atoms with van der Waals surface area (Å²) in [5.41, 5.74) is 7.85. The van der Waals surface area contributed by atoms with Crippen LogP contribution >= 0.6 is 11.3 Å². The van der Waals surface area contributed by atoms with Crippen molar-refractivity contribution >= 4 is 28.1 Å². The van der Waals surface area contributed by atoms with Gasteiger partial charge in [-0.1, -0.05) is 46.8 Å². The van der Waals surface area contributed by atoms with Crippen LogP contribution in [0.5, 0.6) is 0 Å². The highest BCUT2D eigenvalue weighted by Gasteiger charge is 2.22. The lowest BCUT2D eigenvalue weighted by molar-refractivity contribution is 0.0997. The summed E-state index contributed by atoms with van der Waals surface area (Å²) in [6.45, 7) is 5.35. The summed E-state index contributed by atoms with van der Waals surface area (Å²) >= 11 is 1.27. The van der Waals surface area contributed by atoms with E-state index in [-0.39, 0.29) is 12.1 Å². The minimum Gasteiger partial charge on any atom is -0.364 e. The number of benzene rings is 1. The maximum absolute atomic E-state index is 12.0. The highest BCUT2D eigenvalue weighted by molar-refractivity contribution is 7.19. The molecule has 0 bridgehead atoms. The molecule has 3 N–H and O–H groups in total. The average molecular weight is 420 g/mol. The first kappa shape index (κ1) is 21.1. The van der Waals surface area contributed by atoms with E-state index < -0.39 is 11.4 Å². The van der Waals surface area contributed by atoms with Gasteiger partial charge in [-0.05, 0) is 38.0 Å². The molecule has 2 aromatic heterocycles. The summed E-state index contributed by atoms with van der Waals surface area (Å²) in [4.78, 5) is 31.8. The molecule has 30 heavy (non-hydrogen) atoms. The van der Waals surface area contributed by atoms with Crippen LogP contribution in [0.4, 0.5) is 10.8 Å². The Morgan fingerprint density at radius 3 is 2.53 bits per heavy atom. The minimum atomic E-state index is -0.829. The molecule has 0 aliphatic rings. The number of nitroso groups, excluding NO2 is 1. The minimum absolute atomic E-state index is 0.112. The first-order chi connectivity index (χ1) is 14.2. The lowest BCUT2D eigenvalue weighted by Crippen LogP contribution is -2.13. The molecule has 0 saturated carbocycles. The van der Waals surface area contributed by atoms with Crippen molar-refractivity contribution in [3.63, 3.8) is 0 Å². The lowest BCUT2D eigenvalue weighted by Gasteiger charge is -2.15. The Hall–Kier alpha value is -3.64. The van der Waals surface area contributed by atoms with Gasteiger partial charge in [0.05, 0.1) is 18.2 Å². The van der Waals surface area contributed by atoms with Crippen molar-refractivity contribution in [2.45, 2.75) is 32.7 Å². The van der Waals surface area contributed by atoms with Gasteiger partial charge in [0.1, 0.15) is 21.4 Å². The zero-order valence-electron chi connectivity index (χ0n) is 16.8. The SMILES string of the molecule is Cc1ccc(CC#N)nc1Nc1sc(-c2ccc(C(C)(C)N=O)cc2)nc1C(N)=O. The van der Waals surface area contributed by atoms with Crippen molar-refractivity contribution < 1.29 is 4.79 Å². The van der Waals surface area contributed by atoms with Crippen LogP contribution in [-0.4, -0.2) is 15.9 Å². The maximum Gasteiger partial charge on any atom is 0.270 e. The number of nitriles is 1. The Morgan fingerprint density at radius 1 is 1.23 bits per heavy atom. The first-order valence-electron chi connectivity index (χ1n) is 9.11. The van der Waals surface area contributed by atoms with Crippen molar-refractivity contribution in [2.75, 3.05) is 5.32 Å². The molecule has 0 radical (unpaired) electrons. The summed E-state index contributed by atoms with van der Waals surface area (Å²) < 4.78 is 0. The van der Waals surface area contributed by atoms with E-state index in [2.05, 4.69) is 26.5 Å². The van der Waals surface area contributed by atoms with Crippen LogP contribution in [0.25, 0.3) is 10.6 Å². The molecular weight excluding hydrogens is 400 g/mol. The highest BCUT2D eigenvalue weighted by Crippen LogP contribution is 2.35. The number of anilines is 2. The second-order valence-corrected chi connectivity index (χ2v) is 8.22. The van der Waals surface area contributed by atoms with Gasteiger partial charge in [0.2, 0.25) is 0 Å². The predicted octanol–water partition coefficient (Wildman–Crippen LogP) is 4.42. The van der Waals surface area contributed by atoms with E-state index in [1.54, 1.807) is 19.9 Å². The highest BCUT2D eigenvalue weighted by atomic mass is 32.1. The van der Waals surface area contributed by atoms with Crippen LogP contribution in [0.3, 0.4) is 0 Å². The topological polar surface area (TPSA) is 134 Å². The van der Waals surface area contributed by atoms with Crippen LogP contribution in [0.1, 0.15) is 41.2 Å². The average Bonchev–Trinajstić information content (AvgIpc) is 3.15. The standard InChI is InChI=1S/C21H20N6O2S/c1-12-4-9-15(10-11-22)24-18(12)26-20-16(17(23)28)25-19(30-20)13-5-7-14(8-6-13)21(2,3)27-29/h4-9H,10H2,1-3H3,(H2,23,28)(H,24,26). The molecule has 0 fully saturated rings. The van der Waals surface area contributed by atoms with E-state index in [1.165, 1.54) is 11.3 Å². The molecule has 0 unspecified atom stereocenters. The molecule has 0 aliphatic heterocycles. The summed E-state index contributed by atoms with van der Waals surface area (Å²) in [5, 5.41) is 16.3. The van der Waals surface area contributed by atoms with Crippen LogP contribution < -0.4 is 11.1 Å². The number of aromatic nitrogens is 2. The molecule has 2 heterocycles. The van der Waals surface area contributed by atoms with Gasteiger partial charge in [0.15, 0.2) is 5.69 Å². The summed E-state index contributed by atoms with van der Waals surface area (Å²) in [7, 11) is 0. The summed E-state index contributed by atoms with van der Waals surface area (Å²) in [5.74, 6) is -0.122.